The highest BCUT2D eigenvalue weighted by molar-refractivity contribution is 7.14. The molecule has 1 N–H and O–H groups in total. The van der Waals surface area contributed by atoms with E-state index in [1.165, 1.54) is 18.3 Å². The summed E-state index contributed by atoms with van der Waals surface area (Å²) in [5, 5.41) is 5.53. The van der Waals surface area contributed by atoms with Crippen molar-refractivity contribution < 1.29 is 19.1 Å². The highest BCUT2D eigenvalue weighted by Crippen LogP contribution is 2.25. The van der Waals surface area contributed by atoms with Crippen LogP contribution in [0.25, 0.3) is 0 Å². The highest BCUT2D eigenvalue weighted by Gasteiger charge is 2.25. The monoisotopic (exact) mass is 407 g/mol. The van der Waals surface area contributed by atoms with E-state index in [1.54, 1.807) is 34.5 Å². The lowest BCUT2D eigenvalue weighted by molar-refractivity contribution is -0.152. The molecule has 9 heteroatoms. The second kappa shape index (κ2) is 8.49. The number of esters is 1. The number of nitrogens with one attached hydrogen (secondary N) is 1. The molecule has 1 atom stereocenters. The molecule has 2 aromatic rings. The Labute approximate surface area is 165 Å². The molecule has 27 heavy (non-hydrogen) atoms. The van der Waals surface area contributed by atoms with E-state index < -0.39 is 18.0 Å². The Hall–Kier alpha value is -2.45. The molecule has 0 radical (unpaired) electrons. The molecule has 1 aromatic carbocycles. The molecule has 0 aliphatic carbocycles. The third-order valence-corrected chi connectivity index (χ3v) is 5.12. The van der Waals surface area contributed by atoms with Gasteiger partial charge in [-0.25, -0.2) is 4.98 Å². The largest absolute Gasteiger partial charge is 0.452 e. The van der Waals surface area contributed by atoms with Crippen LogP contribution < -0.4 is 10.2 Å². The van der Waals surface area contributed by atoms with Crippen LogP contribution in [-0.2, 0) is 25.5 Å². The Morgan fingerprint density at radius 3 is 2.78 bits per heavy atom. The first kappa shape index (κ1) is 19.3. The van der Waals surface area contributed by atoms with Crippen molar-refractivity contribution in [2.75, 3.05) is 16.8 Å². The van der Waals surface area contributed by atoms with E-state index in [0.29, 0.717) is 34.5 Å². The molecule has 142 valence electrons. The molecule has 0 unspecified atom stereocenters. The molecular formula is C18H18ClN3O4S. The van der Waals surface area contributed by atoms with E-state index in [4.69, 9.17) is 16.3 Å². The number of halogens is 1. The number of aromatic nitrogens is 1. The average molecular weight is 408 g/mol. The SMILES string of the molecule is C[C@H](OC(=O)Cc1csc(N2CCCC2=O)n1)C(=O)Nc1ccc(Cl)cc1. The summed E-state index contributed by atoms with van der Waals surface area (Å²) >= 11 is 7.12. The molecule has 1 aliphatic rings. The van der Waals surface area contributed by atoms with Gasteiger partial charge in [0, 0.05) is 29.1 Å². The standard InChI is InChI=1S/C18H18ClN3O4S/c1-11(17(25)20-13-6-4-12(19)5-7-13)26-16(24)9-14-10-27-18(21-14)22-8-2-3-15(22)23/h4-7,10-11H,2-3,8-9H2,1H3,(H,20,25)/t11-/m0/s1. The minimum atomic E-state index is -0.952. The number of carbonyl (C=O) groups is 3. The summed E-state index contributed by atoms with van der Waals surface area (Å²) in [4.78, 5) is 41.9. The van der Waals surface area contributed by atoms with Gasteiger partial charge < -0.3 is 10.1 Å². The predicted octanol–water partition coefficient (Wildman–Crippen LogP) is 3.04. The molecule has 3 rings (SSSR count). The fourth-order valence-corrected chi connectivity index (χ4v) is 3.56. The predicted molar refractivity (Wildman–Crippen MR) is 103 cm³/mol. The summed E-state index contributed by atoms with van der Waals surface area (Å²) in [5.41, 5.74) is 1.08. The lowest BCUT2D eigenvalue weighted by Crippen LogP contribution is -2.30. The van der Waals surface area contributed by atoms with Gasteiger partial charge in [0.2, 0.25) is 5.91 Å². The van der Waals surface area contributed by atoms with E-state index in [1.807, 2.05) is 0 Å². The third kappa shape index (κ3) is 5.05. The number of benzene rings is 1. The first-order valence-electron chi connectivity index (χ1n) is 8.43. The van der Waals surface area contributed by atoms with Gasteiger partial charge in [-0.05, 0) is 37.6 Å². The van der Waals surface area contributed by atoms with Crippen LogP contribution in [0.1, 0.15) is 25.5 Å². The number of rotatable bonds is 6. The van der Waals surface area contributed by atoms with Gasteiger partial charge in [-0.15, -0.1) is 11.3 Å². The first-order chi connectivity index (χ1) is 12.9. The summed E-state index contributed by atoms with van der Waals surface area (Å²) in [7, 11) is 0. The Morgan fingerprint density at radius 2 is 2.11 bits per heavy atom. The molecular weight excluding hydrogens is 390 g/mol. The third-order valence-electron chi connectivity index (χ3n) is 3.96. The van der Waals surface area contributed by atoms with Gasteiger partial charge in [0.15, 0.2) is 11.2 Å². The van der Waals surface area contributed by atoms with Crippen LogP contribution >= 0.6 is 22.9 Å². The fourth-order valence-electron chi connectivity index (χ4n) is 2.57. The van der Waals surface area contributed by atoms with Gasteiger partial charge in [0.05, 0.1) is 12.1 Å². The average Bonchev–Trinajstić information content (AvgIpc) is 3.25. The number of hydrogen-bond acceptors (Lipinski definition) is 6. The van der Waals surface area contributed by atoms with E-state index in [2.05, 4.69) is 10.3 Å². The Balaban J connectivity index is 1.51. The molecule has 2 amide bonds. The number of anilines is 2. The smallest absolute Gasteiger partial charge is 0.312 e. The minimum absolute atomic E-state index is 0.0472. The normalized spacial score (nSPS) is 14.9. The van der Waals surface area contributed by atoms with Gasteiger partial charge in [0.25, 0.3) is 5.91 Å². The molecule has 0 spiro atoms. The van der Waals surface area contributed by atoms with Crippen LogP contribution in [0.5, 0.6) is 0 Å². The fraction of sp³-hybridized carbons (Fsp3) is 0.333. The highest BCUT2D eigenvalue weighted by atomic mass is 35.5. The van der Waals surface area contributed by atoms with Gasteiger partial charge in [-0.1, -0.05) is 11.6 Å². The molecule has 1 aromatic heterocycles. The number of ether oxygens (including phenoxy) is 1. The van der Waals surface area contributed by atoms with Crippen LogP contribution in [0.2, 0.25) is 5.02 Å². The number of thiazole rings is 1. The molecule has 0 bridgehead atoms. The molecule has 0 saturated carbocycles. The maximum atomic E-state index is 12.1. The summed E-state index contributed by atoms with van der Waals surface area (Å²) < 4.78 is 5.17. The van der Waals surface area contributed by atoms with Crippen molar-refractivity contribution in [1.82, 2.24) is 4.98 Å². The van der Waals surface area contributed by atoms with Crippen molar-refractivity contribution in [3.63, 3.8) is 0 Å². The van der Waals surface area contributed by atoms with Crippen LogP contribution in [0.4, 0.5) is 10.8 Å². The van der Waals surface area contributed by atoms with Crippen LogP contribution in [-0.4, -0.2) is 35.4 Å². The van der Waals surface area contributed by atoms with Crippen LogP contribution in [0.15, 0.2) is 29.6 Å². The molecule has 7 nitrogen and oxygen atoms in total. The van der Waals surface area contributed by atoms with Gasteiger partial charge in [-0.3, -0.25) is 19.3 Å². The minimum Gasteiger partial charge on any atom is -0.452 e. The summed E-state index contributed by atoms with van der Waals surface area (Å²) in [6, 6.07) is 6.62. The maximum absolute atomic E-state index is 12.1. The number of nitrogens with zero attached hydrogens (tertiary/aromatic N) is 2. The molecule has 1 fully saturated rings. The lowest BCUT2D eigenvalue weighted by Gasteiger charge is -2.13. The van der Waals surface area contributed by atoms with Gasteiger partial charge in [-0.2, -0.15) is 0 Å². The summed E-state index contributed by atoms with van der Waals surface area (Å²) in [6.07, 6.45) is 0.330. The Kier molecular flexibility index (Phi) is 6.08. The van der Waals surface area contributed by atoms with Crippen molar-refractivity contribution in [3.05, 3.63) is 40.4 Å². The van der Waals surface area contributed by atoms with E-state index in [9.17, 15) is 14.4 Å². The van der Waals surface area contributed by atoms with Crippen LogP contribution in [0.3, 0.4) is 0 Å². The number of hydrogen-bond donors (Lipinski definition) is 1. The van der Waals surface area contributed by atoms with Crippen molar-refractivity contribution in [1.29, 1.82) is 0 Å². The van der Waals surface area contributed by atoms with Gasteiger partial charge >= 0.3 is 5.97 Å². The number of carbonyl (C=O) groups excluding carboxylic acids is 3. The van der Waals surface area contributed by atoms with Crippen molar-refractivity contribution >= 4 is 51.5 Å². The van der Waals surface area contributed by atoms with E-state index in [-0.39, 0.29) is 12.3 Å². The van der Waals surface area contributed by atoms with Crippen molar-refractivity contribution in [2.24, 2.45) is 0 Å². The second-order valence-corrected chi connectivity index (χ2v) is 7.35. The Bertz CT molecular complexity index is 853. The van der Waals surface area contributed by atoms with E-state index >= 15 is 0 Å². The molecule has 2 heterocycles. The van der Waals surface area contributed by atoms with Crippen molar-refractivity contribution in [3.8, 4) is 0 Å². The quantitative estimate of drug-likeness (QED) is 0.743. The number of amides is 2. The van der Waals surface area contributed by atoms with Gasteiger partial charge in [0.1, 0.15) is 0 Å². The van der Waals surface area contributed by atoms with Crippen LogP contribution in [0, 0.1) is 0 Å². The second-order valence-electron chi connectivity index (χ2n) is 6.08. The molecule has 1 aliphatic heterocycles. The summed E-state index contributed by atoms with van der Waals surface area (Å²) in [5.74, 6) is -0.948. The van der Waals surface area contributed by atoms with Crippen molar-refractivity contribution in [2.45, 2.75) is 32.3 Å². The molecule has 1 saturated heterocycles. The Morgan fingerprint density at radius 1 is 1.37 bits per heavy atom. The zero-order chi connectivity index (χ0) is 19.4. The maximum Gasteiger partial charge on any atom is 0.312 e. The zero-order valence-electron chi connectivity index (χ0n) is 14.6. The summed E-state index contributed by atoms with van der Waals surface area (Å²) in [6.45, 7) is 2.15. The topological polar surface area (TPSA) is 88.6 Å². The lowest BCUT2D eigenvalue weighted by atomic mass is 10.3. The van der Waals surface area contributed by atoms with E-state index in [0.717, 1.165) is 6.42 Å². The zero-order valence-corrected chi connectivity index (χ0v) is 16.2. The first-order valence-corrected chi connectivity index (χ1v) is 9.69.